The number of hydrogen-bond donors (Lipinski definition) is 0. The number of aldehydes is 1. The van der Waals surface area contributed by atoms with Crippen molar-refractivity contribution in [1.29, 1.82) is 0 Å². The topological polar surface area (TPSA) is 30.7 Å². The molecule has 0 spiro atoms. The zero-order valence-corrected chi connectivity index (χ0v) is 13.7. The molecule has 3 heteroatoms. The number of rotatable bonds is 5. The third kappa shape index (κ3) is 2.74. The monoisotopic (exact) mass is 307 g/mol. The van der Waals surface area contributed by atoms with Gasteiger partial charge < -0.3 is 9.14 Å². The molecule has 0 saturated heterocycles. The number of carbonyl (C=O) groups excluding carboxylic acids is 1. The minimum Gasteiger partial charge on any atom is -0.494 e. The summed E-state index contributed by atoms with van der Waals surface area (Å²) in [5.74, 6) is 1.27. The minimum atomic E-state index is 0.355. The van der Waals surface area contributed by atoms with Gasteiger partial charge in [0.25, 0.3) is 0 Å². The number of nitrogens with zero attached hydrogens (tertiary/aromatic N) is 1. The van der Waals surface area contributed by atoms with Crippen molar-refractivity contribution in [3.05, 3.63) is 59.9 Å². The van der Waals surface area contributed by atoms with Gasteiger partial charge in [0, 0.05) is 17.3 Å². The van der Waals surface area contributed by atoms with E-state index in [-0.39, 0.29) is 0 Å². The lowest BCUT2D eigenvalue weighted by Crippen LogP contribution is -1.99. The molecule has 0 fully saturated rings. The first-order valence-corrected chi connectivity index (χ1v) is 7.98. The highest BCUT2D eigenvalue weighted by Gasteiger charge is 2.14. The maximum atomic E-state index is 11.6. The molecule has 2 heterocycles. The number of aromatic nitrogens is 1. The summed E-state index contributed by atoms with van der Waals surface area (Å²) in [5.41, 5.74) is 4.86. The van der Waals surface area contributed by atoms with Crippen molar-refractivity contribution < 1.29 is 9.53 Å². The molecule has 0 amide bonds. The van der Waals surface area contributed by atoms with E-state index in [1.807, 2.05) is 47.9 Å². The van der Waals surface area contributed by atoms with Gasteiger partial charge in [-0.1, -0.05) is 26.0 Å². The molecule has 3 nitrogen and oxygen atoms in total. The molecule has 0 aliphatic rings. The standard InChI is InChI=1S/C20H21NO2/c1-4-23-20-9-8-15(11-17(20)14(2)3)18-12-16-7-5-6-10-21(16)19(18)13-22/h5-14H,4H2,1-3H3. The fourth-order valence-electron chi connectivity index (χ4n) is 2.95. The van der Waals surface area contributed by atoms with Crippen LogP contribution >= 0.6 is 0 Å². The van der Waals surface area contributed by atoms with Crippen molar-refractivity contribution in [1.82, 2.24) is 4.40 Å². The van der Waals surface area contributed by atoms with Crippen molar-refractivity contribution >= 4 is 11.8 Å². The smallest absolute Gasteiger partial charge is 0.167 e. The summed E-state index contributed by atoms with van der Waals surface area (Å²) in [4.78, 5) is 11.6. The molecule has 118 valence electrons. The van der Waals surface area contributed by atoms with Crippen molar-refractivity contribution in [2.45, 2.75) is 26.7 Å². The fourth-order valence-corrected chi connectivity index (χ4v) is 2.95. The number of benzene rings is 1. The SMILES string of the molecule is CCOc1ccc(-c2cc3ccccn3c2C=O)cc1C(C)C. The lowest BCUT2D eigenvalue weighted by molar-refractivity contribution is 0.111. The summed E-state index contributed by atoms with van der Waals surface area (Å²) >= 11 is 0. The highest BCUT2D eigenvalue weighted by Crippen LogP contribution is 2.34. The molecular weight excluding hydrogens is 286 g/mol. The van der Waals surface area contributed by atoms with Gasteiger partial charge in [0.05, 0.1) is 12.3 Å². The van der Waals surface area contributed by atoms with Gasteiger partial charge in [-0.25, -0.2) is 0 Å². The van der Waals surface area contributed by atoms with Crippen LogP contribution in [-0.4, -0.2) is 17.3 Å². The molecule has 0 bridgehead atoms. The van der Waals surface area contributed by atoms with E-state index in [0.29, 0.717) is 18.2 Å². The predicted octanol–water partition coefficient (Wildman–Crippen LogP) is 4.94. The van der Waals surface area contributed by atoms with Crippen molar-refractivity contribution in [3.8, 4) is 16.9 Å². The Hall–Kier alpha value is -2.55. The van der Waals surface area contributed by atoms with E-state index in [4.69, 9.17) is 4.74 Å². The molecule has 0 radical (unpaired) electrons. The third-order valence-corrected chi connectivity index (χ3v) is 4.07. The Balaban J connectivity index is 2.19. The van der Waals surface area contributed by atoms with Crippen molar-refractivity contribution in [2.24, 2.45) is 0 Å². The molecule has 0 aliphatic carbocycles. The predicted molar refractivity (Wildman–Crippen MR) is 93.5 cm³/mol. The molecule has 0 aliphatic heterocycles. The van der Waals surface area contributed by atoms with Gasteiger partial charge in [0.1, 0.15) is 5.75 Å². The summed E-state index contributed by atoms with van der Waals surface area (Å²) in [7, 11) is 0. The summed E-state index contributed by atoms with van der Waals surface area (Å²) in [6.45, 7) is 6.94. The largest absolute Gasteiger partial charge is 0.494 e. The lowest BCUT2D eigenvalue weighted by atomic mass is 9.96. The molecule has 0 saturated carbocycles. The van der Waals surface area contributed by atoms with E-state index >= 15 is 0 Å². The quantitative estimate of drug-likeness (QED) is 0.625. The van der Waals surface area contributed by atoms with Crippen molar-refractivity contribution in [3.63, 3.8) is 0 Å². The van der Waals surface area contributed by atoms with Crippen LogP contribution in [0.1, 0.15) is 42.7 Å². The normalized spacial score (nSPS) is 11.1. The maximum absolute atomic E-state index is 11.6. The first kappa shape index (κ1) is 15.3. The molecule has 2 aromatic heterocycles. The Labute approximate surface area is 136 Å². The number of fused-ring (bicyclic) bond motifs is 1. The Morgan fingerprint density at radius 3 is 2.70 bits per heavy atom. The van der Waals surface area contributed by atoms with Crippen molar-refractivity contribution in [2.75, 3.05) is 6.61 Å². The highest BCUT2D eigenvalue weighted by atomic mass is 16.5. The van der Waals surface area contributed by atoms with Crippen LogP contribution in [0.4, 0.5) is 0 Å². The average Bonchev–Trinajstić information content (AvgIpc) is 2.93. The first-order chi connectivity index (χ1) is 11.2. The molecule has 1 aromatic carbocycles. The second kappa shape index (κ2) is 6.29. The number of pyridine rings is 1. The Bertz CT molecular complexity index is 846. The van der Waals surface area contributed by atoms with Crippen LogP contribution < -0.4 is 4.74 Å². The average molecular weight is 307 g/mol. The molecule has 3 aromatic rings. The lowest BCUT2D eigenvalue weighted by Gasteiger charge is -2.14. The minimum absolute atomic E-state index is 0.355. The maximum Gasteiger partial charge on any atom is 0.167 e. The van der Waals surface area contributed by atoms with Crippen LogP contribution in [0.25, 0.3) is 16.6 Å². The van der Waals surface area contributed by atoms with Gasteiger partial charge >= 0.3 is 0 Å². The second-order valence-electron chi connectivity index (χ2n) is 5.90. The van der Waals surface area contributed by atoms with Gasteiger partial charge in [-0.05, 0) is 54.3 Å². The Morgan fingerprint density at radius 1 is 1.17 bits per heavy atom. The summed E-state index contributed by atoms with van der Waals surface area (Å²) in [6, 6.07) is 14.1. The highest BCUT2D eigenvalue weighted by molar-refractivity contribution is 5.90. The van der Waals surface area contributed by atoms with Crippen LogP contribution in [0.3, 0.4) is 0 Å². The van der Waals surface area contributed by atoms with Crippen LogP contribution in [0.5, 0.6) is 5.75 Å². The van der Waals surface area contributed by atoms with Crippen LogP contribution in [0.15, 0.2) is 48.7 Å². The number of hydrogen-bond acceptors (Lipinski definition) is 2. The number of carbonyl (C=O) groups is 1. The number of ether oxygens (including phenoxy) is 1. The van der Waals surface area contributed by atoms with Gasteiger partial charge in [-0.15, -0.1) is 0 Å². The summed E-state index contributed by atoms with van der Waals surface area (Å²) < 4.78 is 7.65. The van der Waals surface area contributed by atoms with Crippen LogP contribution in [0, 0.1) is 0 Å². The molecule has 23 heavy (non-hydrogen) atoms. The van der Waals surface area contributed by atoms with Gasteiger partial charge in [-0.3, -0.25) is 4.79 Å². The molecule has 3 rings (SSSR count). The molecule has 0 unspecified atom stereocenters. The Kier molecular flexibility index (Phi) is 4.20. The zero-order chi connectivity index (χ0) is 16.4. The molecule has 0 N–H and O–H groups in total. The van der Waals surface area contributed by atoms with E-state index in [9.17, 15) is 4.79 Å². The second-order valence-corrected chi connectivity index (χ2v) is 5.90. The van der Waals surface area contributed by atoms with E-state index < -0.39 is 0 Å². The summed E-state index contributed by atoms with van der Waals surface area (Å²) in [5, 5.41) is 0. The first-order valence-electron chi connectivity index (χ1n) is 7.98. The van der Waals surface area contributed by atoms with Gasteiger partial charge in [0.2, 0.25) is 0 Å². The third-order valence-electron chi connectivity index (χ3n) is 4.07. The Morgan fingerprint density at radius 2 is 2.00 bits per heavy atom. The molecular formula is C20H21NO2. The van der Waals surface area contributed by atoms with Crippen LogP contribution in [-0.2, 0) is 0 Å². The van der Waals surface area contributed by atoms with Crippen LogP contribution in [0.2, 0.25) is 0 Å². The zero-order valence-electron chi connectivity index (χ0n) is 13.7. The van der Waals surface area contributed by atoms with E-state index in [0.717, 1.165) is 34.2 Å². The van der Waals surface area contributed by atoms with E-state index in [1.54, 1.807) is 0 Å². The fraction of sp³-hybridized carbons (Fsp3) is 0.250. The van der Waals surface area contributed by atoms with E-state index in [2.05, 4.69) is 26.0 Å². The summed E-state index contributed by atoms with van der Waals surface area (Å²) in [6.07, 6.45) is 2.84. The van der Waals surface area contributed by atoms with Gasteiger partial charge in [0.15, 0.2) is 6.29 Å². The van der Waals surface area contributed by atoms with E-state index in [1.165, 1.54) is 0 Å². The molecule has 0 atom stereocenters. The van der Waals surface area contributed by atoms with Gasteiger partial charge in [-0.2, -0.15) is 0 Å².